The summed E-state index contributed by atoms with van der Waals surface area (Å²) < 4.78 is 5.45. The third kappa shape index (κ3) is 3.76. The maximum atomic E-state index is 12.1. The zero-order valence-electron chi connectivity index (χ0n) is 13.7. The molecule has 0 atom stereocenters. The van der Waals surface area contributed by atoms with Crippen molar-refractivity contribution in [2.75, 3.05) is 19.8 Å². The summed E-state index contributed by atoms with van der Waals surface area (Å²) in [6.07, 6.45) is -0.228. The van der Waals surface area contributed by atoms with Crippen molar-refractivity contribution in [2.24, 2.45) is 0 Å². The second-order valence-corrected chi connectivity index (χ2v) is 7.07. The summed E-state index contributed by atoms with van der Waals surface area (Å²) in [6.45, 7) is 12.3. The average molecular weight is 290 g/mol. The van der Waals surface area contributed by atoms with Crippen molar-refractivity contribution in [3.8, 4) is 0 Å². The molecule has 0 saturated carbocycles. The summed E-state index contributed by atoms with van der Waals surface area (Å²) in [5.41, 5.74) is 0.716. The molecule has 4 heteroatoms. The van der Waals surface area contributed by atoms with E-state index >= 15 is 0 Å². The lowest BCUT2D eigenvalue weighted by Crippen LogP contribution is -2.42. The first-order chi connectivity index (χ1) is 9.70. The van der Waals surface area contributed by atoms with Crippen LogP contribution in [0.3, 0.4) is 0 Å². The van der Waals surface area contributed by atoms with Gasteiger partial charge in [-0.25, -0.2) is 4.79 Å². The minimum Gasteiger partial charge on any atom is -0.444 e. The molecule has 1 heterocycles. The van der Waals surface area contributed by atoms with Gasteiger partial charge in [-0.15, -0.1) is 0 Å². The van der Waals surface area contributed by atoms with Crippen LogP contribution < -0.4 is 0 Å². The number of rotatable bonds is 2. The molecule has 0 aliphatic carbocycles. The summed E-state index contributed by atoms with van der Waals surface area (Å²) >= 11 is 0. The van der Waals surface area contributed by atoms with E-state index in [1.165, 1.54) is 5.56 Å². The lowest BCUT2D eigenvalue weighted by Gasteiger charge is -2.36. The quantitative estimate of drug-likeness (QED) is 0.836. The lowest BCUT2D eigenvalue weighted by atomic mass is 9.93. The number of benzene rings is 1. The van der Waals surface area contributed by atoms with Crippen LogP contribution in [-0.4, -0.2) is 41.3 Å². The van der Waals surface area contributed by atoms with Gasteiger partial charge in [-0.1, -0.05) is 30.3 Å². The number of ether oxygens (including phenoxy) is 1. The largest absolute Gasteiger partial charge is 0.444 e. The van der Waals surface area contributed by atoms with Crippen LogP contribution in [0.1, 0.15) is 40.2 Å². The van der Waals surface area contributed by atoms with Gasteiger partial charge in [0.1, 0.15) is 5.60 Å². The van der Waals surface area contributed by atoms with Gasteiger partial charge >= 0.3 is 6.09 Å². The zero-order valence-corrected chi connectivity index (χ0v) is 13.7. The number of carbonyl (C=O) groups excluding carboxylic acids is 1. The second-order valence-electron chi connectivity index (χ2n) is 7.07. The molecule has 0 aromatic heterocycles. The standard InChI is InChI=1S/C17H26N2O2/c1-16(2,3)21-15(20)18-11-12-19(13-18)17(4,5)14-9-7-6-8-10-14/h6-10H,11-13H2,1-5H3. The number of hydrogen-bond donors (Lipinski definition) is 0. The van der Waals surface area contributed by atoms with E-state index in [9.17, 15) is 4.79 Å². The Balaban J connectivity index is 2.04. The molecule has 0 radical (unpaired) electrons. The second kappa shape index (κ2) is 5.68. The minimum atomic E-state index is -0.445. The Bertz CT molecular complexity index is 491. The van der Waals surface area contributed by atoms with Crippen molar-refractivity contribution in [3.63, 3.8) is 0 Å². The number of hydrogen-bond acceptors (Lipinski definition) is 3. The third-order valence-corrected chi connectivity index (χ3v) is 3.90. The third-order valence-electron chi connectivity index (χ3n) is 3.90. The molecule has 1 aliphatic heterocycles. The monoisotopic (exact) mass is 290 g/mol. The molecule has 1 aromatic carbocycles. The first kappa shape index (κ1) is 15.8. The molecule has 1 saturated heterocycles. The van der Waals surface area contributed by atoms with Crippen LogP contribution in [0.25, 0.3) is 0 Å². The smallest absolute Gasteiger partial charge is 0.411 e. The van der Waals surface area contributed by atoms with Crippen LogP contribution in [0.5, 0.6) is 0 Å². The van der Waals surface area contributed by atoms with E-state index in [0.717, 1.165) is 6.54 Å². The zero-order chi connectivity index (χ0) is 15.7. The highest BCUT2D eigenvalue weighted by atomic mass is 16.6. The van der Waals surface area contributed by atoms with E-state index in [-0.39, 0.29) is 11.6 Å². The molecule has 0 bridgehead atoms. The van der Waals surface area contributed by atoms with Crippen molar-refractivity contribution >= 4 is 6.09 Å². The van der Waals surface area contributed by atoms with Crippen LogP contribution in [0.15, 0.2) is 30.3 Å². The van der Waals surface area contributed by atoms with Crippen LogP contribution in [0.4, 0.5) is 4.79 Å². The minimum absolute atomic E-state index is 0.0992. The topological polar surface area (TPSA) is 32.8 Å². The molecule has 0 spiro atoms. The molecule has 2 rings (SSSR count). The van der Waals surface area contributed by atoms with Crippen molar-refractivity contribution in [2.45, 2.75) is 45.8 Å². The molecule has 1 aliphatic rings. The van der Waals surface area contributed by atoms with Gasteiger partial charge in [0, 0.05) is 18.6 Å². The predicted octanol–water partition coefficient (Wildman–Crippen LogP) is 3.43. The van der Waals surface area contributed by atoms with Gasteiger partial charge in [0.25, 0.3) is 0 Å². The van der Waals surface area contributed by atoms with Crippen LogP contribution >= 0.6 is 0 Å². The molecular formula is C17H26N2O2. The van der Waals surface area contributed by atoms with Crippen LogP contribution in [0, 0.1) is 0 Å². The van der Waals surface area contributed by atoms with Gasteiger partial charge in [0.05, 0.1) is 6.67 Å². The summed E-state index contributed by atoms with van der Waals surface area (Å²) in [6, 6.07) is 10.4. The lowest BCUT2D eigenvalue weighted by molar-refractivity contribution is 0.0225. The van der Waals surface area contributed by atoms with E-state index in [2.05, 4.69) is 43.0 Å². The van der Waals surface area contributed by atoms with Crippen LogP contribution in [0.2, 0.25) is 0 Å². The van der Waals surface area contributed by atoms with Gasteiger partial charge in [-0.05, 0) is 40.2 Å². The van der Waals surface area contributed by atoms with E-state index in [1.807, 2.05) is 26.8 Å². The molecule has 0 N–H and O–H groups in total. The highest BCUT2D eigenvalue weighted by molar-refractivity contribution is 5.68. The van der Waals surface area contributed by atoms with Crippen molar-refractivity contribution in [1.29, 1.82) is 0 Å². The molecule has 4 nitrogen and oxygen atoms in total. The van der Waals surface area contributed by atoms with Gasteiger partial charge in [-0.3, -0.25) is 9.80 Å². The van der Waals surface area contributed by atoms with Crippen LogP contribution in [-0.2, 0) is 10.3 Å². The van der Waals surface area contributed by atoms with Crippen molar-refractivity contribution in [3.05, 3.63) is 35.9 Å². The maximum absolute atomic E-state index is 12.1. The van der Waals surface area contributed by atoms with E-state index in [4.69, 9.17) is 4.74 Å². The first-order valence-corrected chi connectivity index (χ1v) is 7.49. The van der Waals surface area contributed by atoms with Crippen molar-refractivity contribution < 1.29 is 9.53 Å². The highest BCUT2D eigenvalue weighted by Crippen LogP contribution is 2.30. The Morgan fingerprint density at radius 2 is 1.67 bits per heavy atom. The average Bonchev–Trinajstić information content (AvgIpc) is 2.88. The summed E-state index contributed by atoms with van der Waals surface area (Å²) in [5, 5.41) is 0. The van der Waals surface area contributed by atoms with Gasteiger partial charge in [0.2, 0.25) is 0 Å². The number of nitrogens with zero attached hydrogens (tertiary/aromatic N) is 2. The summed E-state index contributed by atoms with van der Waals surface area (Å²) in [5.74, 6) is 0. The normalized spacial score (nSPS) is 17.1. The van der Waals surface area contributed by atoms with E-state index < -0.39 is 5.60 Å². The molecule has 0 unspecified atom stereocenters. The van der Waals surface area contributed by atoms with E-state index in [1.54, 1.807) is 4.90 Å². The maximum Gasteiger partial charge on any atom is 0.411 e. The van der Waals surface area contributed by atoms with Gasteiger partial charge in [0.15, 0.2) is 0 Å². The predicted molar refractivity (Wildman–Crippen MR) is 84.0 cm³/mol. The van der Waals surface area contributed by atoms with Crippen molar-refractivity contribution in [1.82, 2.24) is 9.80 Å². The highest BCUT2D eigenvalue weighted by Gasteiger charge is 2.36. The number of carbonyl (C=O) groups is 1. The molecule has 1 fully saturated rings. The Morgan fingerprint density at radius 1 is 1.05 bits per heavy atom. The number of amides is 1. The Hall–Kier alpha value is -1.55. The molecular weight excluding hydrogens is 264 g/mol. The van der Waals surface area contributed by atoms with E-state index in [0.29, 0.717) is 13.2 Å². The Morgan fingerprint density at radius 3 is 2.24 bits per heavy atom. The Kier molecular flexibility index (Phi) is 4.28. The molecule has 1 aromatic rings. The summed E-state index contributed by atoms with van der Waals surface area (Å²) in [7, 11) is 0. The fraction of sp³-hybridized carbons (Fsp3) is 0.588. The summed E-state index contributed by atoms with van der Waals surface area (Å²) in [4.78, 5) is 16.2. The Labute approximate surface area is 127 Å². The van der Waals surface area contributed by atoms with Gasteiger partial charge < -0.3 is 4.74 Å². The molecule has 1 amide bonds. The molecule has 116 valence electrons. The van der Waals surface area contributed by atoms with Gasteiger partial charge in [-0.2, -0.15) is 0 Å². The molecule has 21 heavy (non-hydrogen) atoms. The SMILES string of the molecule is CC(C)(C)OC(=O)N1CCN(C(C)(C)c2ccccc2)C1. The fourth-order valence-electron chi connectivity index (χ4n) is 2.55. The first-order valence-electron chi connectivity index (χ1n) is 7.49. The fourth-order valence-corrected chi connectivity index (χ4v) is 2.55.